The number of ether oxygens (including phenoxy) is 1. The number of fused-ring (bicyclic) bond motifs is 1. The largest absolute Gasteiger partial charge is 0.486 e. The minimum atomic E-state index is -0.267. The van der Waals surface area contributed by atoms with E-state index < -0.39 is 0 Å². The van der Waals surface area contributed by atoms with Crippen LogP contribution in [0.5, 0.6) is 5.75 Å². The van der Waals surface area contributed by atoms with Gasteiger partial charge in [-0.2, -0.15) is 5.10 Å². The van der Waals surface area contributed by atoms with Gasteiger partial charge in [0.05, 0.1) is 10.7 Å². The lowest BCUT2D eigenvalue weighted by Crippen LogP contribution is -2.25. The Labute approximate surface area is 121 Å². The molecule has 3 rings (SSSR count). The zero-order valence-corrected chi connectivity index (χ0v) is 11.9. The number of nitrogens with one attached hydrogen (secondary N) is 1. The molecule has 0 atom stereocenters. The predicted octanol–water partition coefficient (Wildman–Crippen LogP) is 2.44. The summed E-state index contributed by atoms with van der Waals surface area (Å²) in [7, 11) is 1.83. The van der Waals surface area contributed by atoms with E-state index in [2.05, 4.69) is 10.4 Å². The molecular formula is C14H15ClFN3O. The number of nitrogens with zero attached hydrogens (tertiary/aromatic N) is 2. The monoisotopic (exact) mass is 295 g/mol. The van der Waals surface area contributed by atoms with E-state index in [1.165, 1.54) is 6.07 Å². The molecule has 0 aliphatic carbocycles. The molecule has 0 amide bonds. The van der Waals surface area contributed by atoms with Gasteiger partial charge in [0.2, 0.25) is 0 Å². The molecule has 20 heavy (non-hydrogen) atoms. The fourth-order valence-electron chi connectivity index (χ4n) is 2.37. The van der Waals surface area contributed by atoms with E-state index in [0.717, 1.165) is 17.8 Å². The van der Waals surface area contributed by atoms with Crippen molar-refractivity contribution < 1.29 is 9.13 Å². The summed E-state index contributed by atoms with van der Waals surface area (Å²) in [5.74, 6) is 0.127. The molecule has 2 heterocycles. The van der Waals surface area contributed by atoms with Crippen molar-refractivity contribution >= 4 is 11.6 Å². The third kappa shape index (κ3) is 2.39. The Morgan fingerprint density at radius 1 is 1.50 bits per heavy atom. The van der Waals surface area contributed by atoms with E-state index in [9.17, 15) is 4.39 Å². The summed E-state index contributed by atoms with van der Waals surface area (Å²) in [5.41, 5.74) is 2.40. The Balaban J connectivity index is 1.87. The third-order valence-corrected chi connectivity index (χ3v) is 3.96. The lowest BCUT2D eigenvalue weighted by molar-refractivity contribution is 0.293. The lowest BCUT2D eigenvalue weighted by atomic mass is 10.00. The van der Waals surface area contributed by atoms with Crippen LogP contribution in [0, 0.1) is 5.82 Å². The van der Waals surface area contributed by atoms with Gasteiger partial charge >= 0.3 is 0 Å². The fourth-order valence-corrected chi connectivity index (χ4v) is 2.69. The molecule has 4 nitrogen and oxygen atoms in total. The van der Waals surface area contributed by atoms with Gasteiger partial charge in [0.1, 0.15) is 18.2 Å². The van der Waals surface area contributed by atoms with Crippen LogP contribution in [0.25, 0.3) is 0 Å². The van der Waals surface area contributed by atoms with Gasteiger partial charge in [-0.15, -0.1) is 0 Å². The highest BCUT2D eigenvalue weighted by Crippen LogP contribution is 2.34. The van der Waals surface area contributed by atoms with Gasteiger partial charge in [-0.05, 0) is 24.6 Å². The average molecular weight is 296 g/mol. The SMILES string of the molecule is Cn1nccc1COc1cc(F)c2c(c1Cl)CCNC2. The molecule has 1 aliphatic rings. The number of hydrogen-bond donors (Lipinski definition) is 1. The maximum Gasteiger partial charge on any atom is 0.141 e. The first-order valence-corrected chi connectivity index (χ1v) is 6.84. The lowest BCUT2D eigenvalue weighted by Gasteiger charge is -2.21. The van der Waals surface area contributed by atoms with Crippen LogP contribution in [0.3, 0.4) is 0 Å². The number of halogens is 2. The second kappa shape index (κ2) is 5.42. The molecule has 0 radical (unpaired) electrons. The maximum atomic E-state index is 14.1. The van der Waals surface area contributed by atoms with Crippen molar-refractivity contribution in [1.82, 2.24) is 15.1 Å². The standard InChI is InChI=1S/C14H15ClFN3O/c1-19-9(2-5-18-19)8-20-13-6-12(16)11-7-17-4-3-10(11)14(13)15/h2,5-6,17H,3-4,7-8H2,1H3. The third-order valence-electron chi connectivity index (χ3n) is 3.54. The Bertz CT molecular complexity index is 642. The highest BCUT2D eigenvalue weighted by atomic mass is 35.5. The first kappa shape index (κ1) is 13.4. The summed E-state index contributed by atoms with van der Waals surface area (Å²) >= 11 is 6.34. The predicted molar refractivity (Wildman–Crippen MR) is 74.4 cm³/mol. The van der Waals surface area contributed by atoms with E-state index in [-0.39, 0.29) is 5.82 Å². The smallest absolute Gasteiger partial charge is 0.141 e. The average Bonchev–Trinajstić information content (AvgIpc) is 2.87. The summed E-state index contributed by atoms with van der Waals surface area (Å²) in [5, 5.41) is 7.72. The van der Waals surface area contributed by atoms with E-state index in [4.69, 9.17) is 16.3 Å². The van der Waals surface area contributed by atoms with Crippen molar-refractivity contribution in [3.63, 3.8) is 0 Å². The summed E-state index contributed by atoms with van der Waals surface area (Å²) in [6.07, 6.45) is 2.41. The number of hydrogen-bond acceptors (Lipinski definition) is 3. The number of benzene rings is 1. The van der Waals surface area contributed by atoms with Crippen LogP contribution >= 0.6 is 11.6 Å². The molecule has 0 unspecified atom stereocenters. The zero-order chi connectivity index (χ0) is 14.1. The highest BCUT2D eigenvalue weighted by molar-refractivity contribution is 6.33. The topological polar surface area (TPSA) is 39.1 Å². The van der Waals surface area contributed by atoms with Crippen LogP contribution in [-0.2, 0) is 26.6 Å². The van der Waals surface area contributed by atoms with Gasteiger partial charge in [-0.1, -0.05) is 11.6 Å². The second-order valence-corrected chi connectivity index (χ2v) is 5.17. The molecule has 6 heteroatoms. The molecule has 0 fully saturated rings. The molecule has 2 aromatic rings. The Morgan fingerprint density at radius 3 is 3.10 bits per heavy atom. The van der Waals surface area contributed by atoms with Gasteiger partial charge in [0.15, 0.2) is 0 Å². The molecule has 1 N–H and O–H groups in total. The van der Waals surface area contributed by atoms with E-state index in [1.54, 1.807) is 10.9 Å². The molecule has 0 saturated heterocycles. The minimum absolute atomic E-state index is 0.267. The van der Waals surface area contributed by atoms with Crippen molar-refractivity contribution in [2.45, 2.75) is 19.6 Å². The van der Waals surface area contributed by atoms with Crippen molar-refractivity contribution in [3.05, 3.63) is 46.0 Å². The molecule has 0 saturated carbocycles. The van der Waals surface area contributed by atoms with Gasteiger partial charge < -0.3 is 10.1 Å². The van der Waals surface area contributed by atoms with Gasteiger partial charge in [0.25, 0.3) is 0 Å². The van der Waals surface area contributed by atoms with Gasteiger partial charge in [0, 0.05) is 31.4 Å². The first-order valence-electron chi connectivity index (χ1n) is 6.47. The summed E-state index contributed by atoms with van der Waals surface area (Å²) in [6, 6.07) is 3.22. The molecule has 0 bridgehead atoms. The summed E-state index contributed by atoms with van der Waals surface area (Å²) in [4.78, 5) is 0. The molecule has 1 aromatic carbocycles. The molecule has 0 spiro atoms. The minimum Gasteiger partial charge on any atom is -0.486 e. The van der Waals surface area contributed by atoms with Gasteiger partial charge in [-0.3, -0.25) is 4.68 Å². The van der Waals surface area contributed by atoms with E-state index in [1.807, 2.05) is 13.1 Å². The molecule has 106 valence electrons. The van der Waals surface area contributed by atoms with Crippen molar-refractivity contribution in [3.8, 4) is 5.75 Å². The van der Waals surface area contributed by atoms with Crippen molar-refractivity contribution in [2.24, 2.45) is 7.05 Å². The fraction of sp³-hybridized carbons (Fsp3) is 0.357. The Kier molecular flexibility index (Phi) is 3.63. The summed E-state index contributed by atoms with van der Waals surface area (Å²) in [6.45, 7) is 1.63. The van der Waals surface area contributed by atoms with Crippen LogP contribution in [0.15, 0.2) is 18.3 Å². The van der Waals surface area contributed by atoms with Crippen LogP contribution in [0.4, 0.5) is 4.39 Å². The van der Waals surface area contributed by atoms with Gasteiger partial charge in [-0.25, -0.2) is 4.39 Å². The van der Waals surface area contributed by atoms with E-state index >= 15 is 0 Å². The number of rotatable bonds is 3. The quantitative estimate of drug-likeness (QED) is 0.945. The Morgan fingerprint density at radius 2 is 2.35 bits per heavy atom. The first-order chi connectivity index (χ1) is 9.66. The van der Waals surface area contributed by atoms with Crippen LogP contribution in [0.1, 0.15) is 16.8 Å². The van der Waals surface area contributed by atoms with Crippen LogP contribution in [-0.4, -0.2) is 16.3 Å². The zero-order valence-electron chi connectivity index (χ0n) is 11.1. The van der Waals surface area contributed by atoms with Crippen LogP contribution < -0.4 is 10.1 Å². The number of aromatic nitrogens is 2. The Hall–Kier alpha value is -1.59. The van der Waals surface area contributed by atoms with Crippen molar-refractivity contribution in [1.29, 1.82) is 0 Å². The maximum absolute atomic E-state index is 14.1. The molecule has 1 aliphatic heterocycles. The second-order valence-electron chi connectivity index (χ2n) is 4.79. The molecular weight excluding hydrogens is 281 g/mol. The molecule has 1 aromatic heterocycles. The normalized spacial score (nSPS) is 14.2. The van der Waals surface area contributed by atoms with Crippen LogP contribution in [0.2, 0.25) is 5.02 Å². The van der Waals surface area contributed by atoms with E-state index in [0.29, 0.717) is 35.9 Å². The number of aryl methyl sites for hydroxylation is 1. The highest BCUT2D eigenvalue weighted by Gasteiger charge is 2.20. The van der Waals surface area contributed by atoms with Crippen molar-refractivity contribution in [2.75, 3.05) is 6.54 Å². The summed E-state index contributed by atoms with van der Waals surface area (Å²) < 4.78 is 21.4.